The van der Waals surface area contributed by atoms with Crippen molar-refractivity contribution in [2.45, 2.75) is 20.0 Å². The summed E-state index contributed by atoms with van der Waals surface area (Å²) in [7, 11) is 0. The van der Waals surface area contributed by atoms with Crippen LogP contribution < -0.4 is 5.32 Å². The number of hydrogen-bond donors (Lipinski definition) is 1. The van der Waals surface area contributed by atoms with Crippen LogP contribution in [0.1, 0.15) is 16.7 Å². The Balaban J connectivity index is 1.86. The molecule has 0 amide bonds. The van der Waals surface area contributed by atoms with E-state index in [1.807, 2.05) is 12.4 Å². The van der Waals surface area contributed by atoms with E-state index < -0.39 is 0 Å². The van der Waals surface area contributed by atoms with Crippen molar-refractivity contribution in [2.24, 2.45) is 0 Å². The summed E-state index contributed by atoms with van der Waals surface area (Å²) in [6.45, 7) is 3.93. The molecule has 0 aromatic carbocycles. The van der Waals surface area contributed by atoms with Crippen LogP contribution in [0.25, 0.3) is 0 Å². The van der Waals surface area contributed by atoms with Crippen molar-refractivity contribution in [3.63, 3.8) is 0 Å². The zero-order chi connectivity index (χ0) is 10.5. The molecule has 15 heavy (non-hydrogen) atoms. The van der Waals surface area contributed by atoms with E-state index in [9.17, 15) is 0 Å². The summed E-state index contributed by atoms with van der Waals surface area (Å²) in [6, 6.07) is 4.22. The molecule has 78 valence electrons. The van der Waals surface area contributed by atoms with Gasteiger partial charge in [-0.2, -0.15) is 11.3 Å². The summed E-state index contributed by atoms with van der Waals surface area (Å²) >= 11 is 1.74. The van der Waals surface area contributed by atoms with E-state index in [1.165, 1.54) is 16.7 Å². The molecule has 0 fully saturated rings. The molecule has 2 nitrogen and oxygen atoms in total. The highest BCUT2D eigenvalue weighted by Gasteiger charge is 1.97. The summed E-state index contributed by atoms with van der Waals surface area (Å²) in [5, 5.41) is 7.70. The molecule has 2 aromatic heterocycles. The molecule has 0 spiro atoms. The van der Waals surface area contributed by atoms with E-state index in [1.54, 1.807) is 11.3 Å². The fraction of sp³-hybridized carbons (Fsp3) is 0.250. The van der Waals surface area contributed by atoms with Crippen molar-refractivity contribution in [1.29, 1.82) is 0 Å². The van der Waals surface area contributed by atoms with Gasteiger partial charge in [0, 0.05) is 25.5 Å². The van der Waals surface area contributed by atoms with Crippen LogP contribution in [0.15, 0.2) is 35.3 Å². The molecule has 0 unspecified atom stereocenters. The number of thiophene rings is 1. The molecule has 0 aliphatic carbocycles. The van der Waals surface area contributed by atoms with Gasteiger partial charge in [-0.1, -0.05) is 0 Å². The summed E-state index contributed by atoms with van der Waals surface area (Å²) < 4.78 is 0. The van der Waals surface area contributed by atoms with Crippen molar-refractivity contribution in [2.75, 3.05) is 0 Å². The first-order valence-electron chi connectivity index (χ1n) is 4.97. The highest BCUT2D eigenvalue weighted by atomic mass is 32.1. The maximum Gasteiger partial charge on any atom is 0.0300 e. The first-order valence-corrected chi connectivity index (χ1v) is 5.92. The lowest BCUT2D eigenvalue weighted by atomic mass is 10.1. The Labute approximate surface area is 94.0 Å². The minimum Gasteiger partial charge on any atom is -0.309 e. The van der Waals surface area contributed by atoms with Crippen LogP contribution in [0.5, 0.6) is 0 Å². The van der Waals surface area contributed by atoms with E-state index in [0.717, 1.165) is 13.1 Å². The highest BCUT2D eigenvalue weighted by molar-refractivity contribution is 7.07. The average Bonchev–Trinajstić information content (AvgIpc) is 2.74. The third kappa shape index (κ3) is 2.88. The molecule has 0 saturated carbocycles. The molecule has 0 aliphatic rings. The highest BCUT2D eigenvalue weighted by Crippen LogP contribution is 2.07. The second kappa shape index (κ2) is 5.05. The molecule has 0 bridgehead atoms. The zero-order valence-electron chi connectivity index (χ0n) is 8.73. The number of pyridine rings is 1. The number of nitrogens with one attached hydrogen (secondary N) is 1. The third-order valence-electron chi connectivity index (χ3n) is 2.36. The maximum absolute atomic E-state index is 4.08. The van der Waals surface area contributed by atoms with Gasteiger partial charge in [0.1, 0.15) is 0 Å². The lowest BCUT2D eigenvalue weighted by molar-refractivity contribution is 0.691. The molecule has 0 atom stereocenters. The van der Waals surface area contributed by atoms with Crippen LogP contribution in [0, 0.1) is 6.92 Å². The quantitative estimate of drug-likeness (QED) is 0.853. The molecule has 2 heterocycles. The molecule has 1 N–H and O–H groups in total. The topological polar surface area (TPSA) is 24.9 Å². The smallest absolute Gasteiger partial charge is 0.0300 e. The Morgan fingerprint density at radius 1 is 1.33 bits per heavy atom. The third-order valence-corrected chi connectivity index (χ3v) is 3.09. The molecule has 2 aromatic rings. The Kier molecular flexibility index (Phi) is 3.48. The van der Waals surface area contributed by atoms with Gasteiger partial charge in [0.05, 0.1) is 0 Å². The SMILES string of the molecule is Cc1cnccc1CNCc1ccsc1. The summed E-state index contributed by atoms with van der Waals surface area (Å²) in [5.74, 6) is 0. The molecule has 2 rings (SSSR count). The van der Waals surface area contributed by atoms with Crippen molar-refractivity contribution >= 4 is 11.3 Å². The number of hydrogen-bond acceptors (Lipinski definition) is 3. The second-order valence-corrected chi connectivity index (χ2v) is 4.32. The van der Waals surface area contributed by atoms with Crippen LogP contribution in [0.4, 0.5) is 0 Å². The summed E-state index contributed by atoms with van der Waals surface area (Å²) in [6.07, 6.45) is 3.75. The Hall–Kier alpha value is -1.19. The first kappa shape index (κ1) is 10.3. The van der Waals surface area contributed by atoms with E-state index >= 15 is 0 Å². The minimum atomic E-state index is 0.907. The van der Waals surface area contributed by atoms with Crippen molar-refractivity contribution in [3.05, 3.63) is 52.0 Å². The monoisotopic (exact) mass is 218 g/mol. The lowest BCUT2D eigenvalue weighted by Crippen LogP contribution is -2.12. The summed E-state index contributed by atoms with van der Waals surface area (Å²) in [4.78, 5) is 4.08. The standard InChI is InChI=1S/C12H14N2S/c1-10-6-13-4-2-12(10)8-14-7-11-3-5-15-9-11/h2-6,9,14H,7-8H2,1H3. The normalized spacial score (nSPS) is 10.5. The fourth-order valence-corrected chi connectivity index (χ4v) is 2.10. The largest absolute Gasteiger partial charge is 0.309 e. The molecular formula is C12H14N2S. The van der Waals surface area contributed by atoms with Gasteiger partial charge in [-0.25, -0.2) is 0 Å². The molecular weight excluding hydrogens is 204 g/mol. The van der Waals surface area contributed by atoms with Gasteiger partial charge >= 0.3 is 0 Å². The van der Waals surface area contributed by atoms with Crippen LogP contribution in [0.3, 0.4) is 0 Å². The maximum atomic E-state index is 4.08. The number of aromatic nitrogens is 1. The number of nitrogens with zero attached hydrogens (tertiary/aromatic N) is 1. The molecule has 3 heteroatoms. The molecule has 0 aliphatic heterocycles. The van der Waals surface area contributed by atoms with Crippen LogP contribution in [0.2, 0.25) is 0 Å². The minimum absolute atomic E-state index is 0.907. The van der Waals surface area contributed by atoms with Crippen LogP contribution >= 0.6 is 11.3 Å². The number of aryl methyl sites for hydroxylation is 1. The van der Waals surface area contributed by atoms with E-state index in [0.29, 0.717) is 0 Å². The lowest BCUT2D eigenvalue weighted by Gasteiger charge is -2.05. The second-order valence-electron chi connectivity index (χ2n) is 3.54. The van der Waals surface area contributed by atoms with Gasteiger partial charge in [-0.15, -0.1) is 0 Å². The van der Waals surface area contributed by atoms with Gasteiger partial charge in [0.15, 0.2) is 0 Å². The number of rotatable bonds is 4. The van der Waals surface area contributed by atoms with E-state index in [4.69, 9.17) is 0 Å². The summed E-state index contributed by atoms with van der Waals surface area (Å²) in [5.41, 5.74) is 3.92. The van der Waals surface area contributed by atoms with E-state index in [2.05, 4.69) is 40.1 Å². The van der Waals surface area contributed by atoms with Gasteiger partial charge in [0.2, 0.25) is 0 Å². The first-order chi connectivity index (χ1) is 7.36. The Bertz CT molecular complexity index is 409. The van der Waals surface area contributed by atoms with Crippen molar-refractivity contribution < 1.29 is 0 Å². The van der Waals surface area contributed by atoms with Gasteiger partial charge < -0.3 is 5.32 Å². The van der Waals surface area contributed by atoms with Gasteiger partial charge in [-0.3, -0.25) is 4.98 Å². The Morgan fingerprint density at radius 3 is 3.00 bits per heavy atom. The zero-order valence-corrected chi connectivity index (χ0v) is 9.55. The predicted molar refractivity (Wildman–Crippen MR) is 63.8 cm³/mol. The van der Waals surface area contributed by atoms with Gasteiger partial charge in [0.25, 0.3) is 0 Å². The average molecular weight is 218 g/mol. The predicted octanol–water partition coefficient (Wildman–Crippen LogP) is 2.74. The van der Waals surface area contributed by atoms with E-state index in [-0.39, 0.29) is 0 Å². The van der Waals surface area contributed by atoms with Crippen molar-refractivity contribution in [1.82, 2.24) is 10.3 Å². The Morgan fingerprint density at radius 2 is 2.27 bits per heavy atom. The van der Waals surface area contributed by atoms with Gasteiger partial charge in [-0.05, 0) is 46.5 Å². The molecule has 0 saturated heterocycles. The van der Waals surface area contributed by atoms with Crippen LogP contribution in [-0.4, -0.2) is 4.98 Å². The fourth-order valence-electron chi connectivity index (χ4n) is 1.44. The molecule has 0 radical (unpaired) electrons. The van der Waals surface area contributed by atoms with Crippen molar-refractivity contribution in [3.8, 4) is 0 Å². The van der Waals surface area contributed by atoms with Crippen LogP contribution in [-0.2, 0) is 13.1 Å².